The SMILES string of the molecule is Cc1cc([C@@H](O)CCl)c(C)c(C)c1C. The van der Waals surface area contributed by atoms with E-state index in [2.05, 4.69) is 20.8 Å². The number of aryl methyl sites for hydroxylation is 1. The number of alkyl halides is 1. The average Bonchev–Trinajstić information content (AvgIpc) is 2.19. The Morgan fingerprint density at radius 3 is 2.21 bits per heavy atom. The third-order valence-corrected chi connectivity index (χ3v) is 3.32. The van der Waals surface area contributed by atoms with E-state index in [0.717, 1.165) is 11.1 Å². The highest BCUT2D eigenvalue weighted by molar-refractivity contribution is 6.18. The number of rotatable bonds is 2. The molecule has 0 heterocycles. The van der Waals surface area contributed by atoms with Gasteiger partial charge in [0.05, 0.1) is 12.0 Å². The quantitative estimate of drug-likeness (QED) is 0.747. The molecule has 78 valence electrons. The molecule has 14 heavy (non-hydrogen) atoms. The van der Waals surface area contributed by atoms with E-state index in [0.29, 0.717) is 0 Å². The fourth-order valence-electron chi connectivity index (χ4n) is 1.67. The Bertz CT molecular complexity index is 345. The molecular weight excluding hydrogens is 196 g/mol. The lowest BCUT2D eigenvalue weighted by Gasteiger charge is -2.17. The molecule has 0 aliphatic heterocycles. The Balaban J connectivity index is 3.33. The van der Waals surface area contributed by atoms with Crippen LogP contribution >= 0.6 is 11.6 Å². The van der Waals surface area contributed by atoms with Crippen molar-refractivity contribution in [2.75, 3.05) is 5.88 Å². The van der Waals surface area contributed by atoms with Crippen molar-refractivity contribution in [3.8, 4) is 0 Å². The Labute approximate surface area is 90.7 Å². The van der Waals surface area contributed by atoms with Crippen LogP contribution in [-0.2, 0) is 0 Å². The molecule has 1 atom stereocenters. The van der Waals surface area contributed by atoms with Gasteiger partial charge in [0.15, 0.2) is 0 Å². The van der Waals surface area contributed by atoms with Crippen molar-refractivity contribution in [2.24, 2.45) is 0 Å². The van der Waals surface area contributed by atoms with Gasteiger partial charge in [-0.1, -0.05) is 6.07 Å². The predicted molar refractivity (Wildman–Crippen MR) is 61.1 cm³/mol. The highest BCUT2D eigenvalue weighted by Crippen LogP contribution is 2.26. The van der Waals surface area contributed by atoms with Crippen LogP contribution in [0.1, 0.15) is 33.9 Å². The number of hydrogen-bond acceptors (Lipinski definition) is 1. The first-order chi connectivity index (χ1) is 6.49. The van der Waals surface area contributed by atoms with Crippen molar-refractivity contribution in [2.45, 2.75) is 33.8 Å². The summed E-state index contributed by atoms with van der Waals surface area (Å²) >= 11 is 5.65. The molecule has 0 aromatic heterocycles. The van der Waals surface area contributed by atoms with Crippen LogP contribution in [0.5, 0.6) is 0 Å². The van der Waals surface area contributed by atoms with Crippen molar-refractivity contribution in [3.63, 3.8) is 0 Å². The van der Waals surface area contributed by atoms with E-state index in [1.807, 2.05) is 13.0 Å². The van der Waals surface area contributed by atoms with Gasteiger partial charge in [0, 0.05) is 0 Å². The summed E-state index contributed by atoms with van der Waals surface area (Å²) in [5, 5.41) is 9.72. The molecule has 1 N–H and O–H groups in total. The lowest BCUT2D eigenvalue weighted by Crippen LogP contribution is -2.05. The molecule has 0 unspecified atom stereocenters. The minimum atomic E-state index is -0.547. The van der Waals surface area contributed by atoms with E-state index in [9.17, 15) is 5.11 Å². The molecule has 0 aliphatic carbocycles. The Morgan fingerprint density at radius 1 is 1.14 bits per heavy atom. The van der Waals surface area contributed by atoms with Gasteiger partial charge in [0.2, 0.25) is 0 Å². The first-order valence-electron chi connectivity index (χ1n) is 4.80. The van der Waals surface area contributed by atoms with Gasteiger partial charge in [-0.05, 0) is 55.5 Å². The second kappa shape index (κ2) is 4.33. The molecule has 0 saturated carbocycles. The first-order valence-corrected chi connectivity index (χ1v) is 5.33. The van der Waals surface area contributed by atoms with Crippen LogP contribution in [0.4, 0.5) is 0 Å². The predicted octanol–water partition coefficient (Wildman–Crippen LogP) is 3.19. The fourth-order valence-corrected chi connectivity index (χ4v) is 1.84. The summed E-state index contributed by atoms with van der Waals surface area (Å²) in [6.07, 6.45) is -0.547. The van der Waals surface area contributed by atoms with Crippen LogP contribution in [0, 0.1) is 27.7 Å². The molecule has 0 spiro atoms. The van der Waals surface area contributed by atoms with Crippen LogP contribution in [0.3, 0.4) is 0 Å². The van der Waals surface area contributed by atoms with Crippen LogP contribution in [-0.4, -0.2) is 11.0 Å². The van der Waals surface area contributed by atoms with Gasteiger partial charge in [-0.25, -0.2) is 0 Å². The first kappa shape index (κ1) is 11.5. The van der Waals surface area contributed by atoms with Crippen molar-refractivity contribution >= 4 is 11.6 Å². The van der Waals surface area contributed by atoms with Crippen LogP contribution in [0.25, 0.3) is 0 Å². The summed E-state index contributed by atoms with van der Waals surface area (Å²) in [4.78, 5) is 0. The summed E-state index contributed by atoms with van der Waals surface area (Å²) in [6.45, 7) is 8.29. The number of hydrogen-bond donors (Lipinski definition) is 1. The highest BCUT2D eigenvalue weighted by Gasteiger charge is 2.13. The van der Waals surface area contributed by atoms with Gasteiger partial charge in [0.25, 0.3) is 0 Å². The zero-order valence-electron chi connectivity index (χ0n) is 9.19. The Kier molecular flexibility index (Phi) is 3.57. The molecule has 0 radical (unpaired) electrons. The van der Waals surface area contributed by atoms with Gasteiger partial charge in [-0.15, -0.1) is 11.6 Å². The standard InChI is InChI=1S/C12H17ClO/c1-7-5-11(12(14)6-13)10(4)9(3)8(7)2/h5,12,14H,6H2,1-4H3/t12-/m0/s1. The summed E-state index contributed by atoms with van der Waals surface area (Å²) in [5.41, 5.74) is 5.88. The molecule has 2 heteroatoms. The van der Waals surface area contributed by atoms with E-state index in [-0.39, 0.29) is 5.88 Å². The minimum absolute atomic E-state index is 0.253. The van der Waals surface area contributed by atoms with Gasteiger partial charge in [-0.3, -0.25) is 0 Å². The minimum Gasteiger partial charge on any atom is -0.387 e. The molecule has 0 bridgehead atoms. The maximum absolute atomic E-state index is 9.72. The number of aliphatic hydroxyl groups excluding tert-OH is 1. The van der Waals surface area contributed by atoms with Crippen LogP contribution in [0.2, 0.25) is 0 Å². The Hall–Kier alpha value is -0.530. The average molecular weight is 213 g/mol. The van der Waals surface area contributed by atoms with Gasteiger partial charge in [-0.2, -0.15) is 0 Å². The normalized spacial score (nSPS) is 13.0. The molecule has 0 amide bonds. The second-order valence-corrected chi connectivity index (χ2v) is 4.14. The summed E-state index contributed by atoms with van der Waals surface area (Å²) in [7, 11) is 0. The smallest absolute Gasteiger partial charge is 0.0928 e. The molecule has 1 aromatic carbocycles. The zero-order valence-corrected chi connectivity index (χ0v) is 9.94. The van der Waals surface area contributed by atoms with Gasteiger partial charge in [0.1, 0.15) is 0 Å². The summed E-state index contributed by atoms with van der Waals surface area (Å²) in [5.74, 6) is 0.253. The largest absolute Gasteiger partial charge is 0.387 e. The van der Waals surface area contributed by atoms with Crippen LogP contribution in [0.15, 0.2) is 6.07 Å². The van der Waals surface area contributed by atoms with Crippen molar-refractivity contribution < 1.29 is 5.11 Å². The maximum atomic E-state index is 9.72. The van der Waals surface area contributed by atoms with Gasteiger partial charge < -0.3 is 5.11 Å². The van der Waals surface area contributed by atoms with E-state index in [4.69, 9.17) is 11.6 Å². The lowest BCUT2D eigenvalue weighted by atomic mass is 9.92. The Morgan fingerprint density at radius 2 is 1.71 bits per heavy atom. The summed E-state index contributed by atoms with van der Waals surface area (Å²) in [6, 6.07) is 2.03. The lowest BCUT2D eigenvalue weighted by molar-refractivity contribution is 0.201. The maximum Gasteiger partial charge on any atom is 0.0928 e. The fraction of sp³-hybridized carbons (Fsp3) is 0.500. The molecule has 1 aromatic rings. The zero-order chi connectivity index (χ0) is 10.9. The van der Waals surface area contributed by atoms with Crippen LogP contribution < -0.4 is 0 Å². The molecule has 1 nitrogen and oxygen atoms in total. The second-order valence-electron chi connectivity index (χ2n) is 3.83. The monoisotopic (exact) mass is 212 g/mol. The van der Waals surface area contributed by atoms with Crippen molar-refractivity contribution in [1.29, 1.82) is 0 Å². The molecular formula is C12H17ClO. The highest BCUT2D eigenvalue weighted by atomic mass is 35.5. The number of benzene rings is 1. The van der Waals surface area contributed by atoms with Gasteiger partial charge >= 0.3 is 0 Å². The van der Waals surface area contributed by atoms with E-state index >= 15 is 0 Å². The third-order valence-electron chi connectivity index (χ3n) is 3.03. The molecule has 1 rings (SSSR count). The summed E-state index contributed by atoms with van der Waals surface area (Å²) < 4.78 is 0. The van der Waals surface area contributed by atoms with E-state index in [1.54, 1.807) is 0 Å². The van der Waals surface area contributed by atoms with E-state index < -0.39 is 6.10 Å². The molecule has 0 aliphatic rings. The number of aliphatic hydroxyl groups is 1. The molecule has 0 saturated heterocycles. The van der Waals surface area contributed by atoms with E-state index in [1.165, 1.54) is 16.7 Å². The molecule has 0 fully saturated rings. The topological polar surface area (TPSA) is 20.2 Å². The third kappa shape index (κ3) is 1.94. The van der Waals surface area contributed by atoms with Crippen molar-refractivity contribution in [3.05, 3.63) is 33.9 Å². The number of halogens is 1. The van der Waals surface area contributed by atoms with Crippen molar-refractivity contribution in [1.82, 2.24) is 0 Å².